The smallest absolute Gasteiger partial charge is 0.166 e. The molecule has 0 bridgehead atoms. The van der Waals surface area contributed by atoms with E-state index in [-0.39, 0.29) is 11.7 Å². The molecule has 1 atom stereocenters. The fraction of sp³-hybridized carbons (Fsp3) is 0.208. The third kappa shape index (κ3) is 3.20. The van der Waals surface area contributed by atoms with Crippen molar-refractivity contribution in [2.24, 2.45) is 0 Å². The van der Waals surface area contributed by atoms with Gasteiger partial charge in [0.05, 0.1) is 29.1 Å². The monoisotopic (exact) mass is 417 g/mol. The lowest BCUT2D eigenvalue weighted by Crippen LogP contribution is -2.22. The minimum Gasteiger partial charge on any atom is -0.378 e. The minimum atomic E-state index is 0.0862. The van der Waals surface area contributed by atoms with E-state index in [1.165, 1.54) is 0 Å². The van der Waals surface area contributed by atoms with Crippen molar-refractivity contribution in [3.63, 3.8) is 0 Å². The molecule has 150 valence electrons. The van der Waals surface area contributed by atoms with Gasteiger partial charge in [0.25, 0.3) is 0 Å². The van der Waals surface area contributed by atoms with Crippen molar-refractivity contribution in [3.05, 3.63) is 88.3 Å². The largest absolute Gasteiger partial charge is 0.378 e. The summed E-state index contributed by atoms with van der Waals surface area (Å²) in [5, 5.41) is 5.52. The number of hydrogen-bond donors (Lipinski definition) is 0. The van der Waals surface area contributed by atoms with E-state index in [9.17, 15) is 4.79 Å². The number of fused-ring (bicyclic) bond motifs is 3. The van der Waals surface area contributed by atoms with Crippen molar-refractivity contribution >= 4 is 23.0 Å². The Morgan fingerprint density at radius 1 is 1.10 bits per heavy atom. The number of benzene rings is 2. The maximum Gasteiger partial charge on any atom is 0.166 e. The van der Waals surface area contributed by atoms with Gasteiger partial charge >= 0.3 is 0 Å². The summed E-state index contributed by atoms with van der Waals surface area (Å²) in [6.07, 6.45) is 2.87. The first-order valence-electron chi connectivity index (χ1n) is 9.88. The van der Waals surface area contributed by atoms with E-state index < -0.39 is 0 Å². The fourth-order valence-corrected chi connectivity index (χ4v) is 4.38. The van der Waals surface area contributed by atoms with Crippen molar-refractivity contribution in [2.45, 2.75) is 25.4 Å². The lowest BCUT2D eigenvalue weighted by atomic mass is 9.82. The molecular formula is C24H20ClN3O2. The van der Waals surface area contributed by atoms with Crippen molar-refractivity contribution in [2.75, 3.05) is 7.11 Å². The van der Waals surface area contributed by atoms with Crippen LogP contribution in [0, 0.1) is 0 Å². The highest BCUT2D eigenvalue weighted by atomic mass is 35.5. The van der Waals surface area contributed by atoms with E-state index in [2.05, 4.69) is 4.98 Å². The Balaban J connectivity index is 1.67. The average molecular weight is 418 g/mol. The van der Waals surface area contributed by atoms with Crippen LogP contribution in [0.3, 0.4) is 0 Å². The summed E-state index contributed by atoms with van der Waals surface area (Å²) >= 11 is 6.05. The third-order valence-corrected chi connectivity index (χ3v) is 5.92. The normalized spacial score (nSPS) is 16.1. The number of halogens is 1. The van der Waals surface area contributed by atoms with Gasteiger partial charge in [-0.15, -0.1) is 0 Å². The predicted octanol–water partition coefficient (Wildman–Crippen LogP) is 5.11. The molecule has 1 aliphatic rings. The molecule has 30 heavy (non-hydrogen) atoms. The second kappa shape index (κ2) is 7.67. The van der Waals surface area contributed by atoms with E-state index in [0.29, 0.717) is 30.0 Å². The Kier molecular flexibility index (Phi) is 4.85. The first-order valence-corrected chi connectivity index (χ1v) is 10.3. The van der Waals surface area contributed by atoms with Crippen LogP contribution in [0.5, 0.6) is 0 Å². The Labute approximate surface area is 179 Å². The number of rotatable bonds is 4. The fourth-order valence-electron chi connectivity index (χ4n) is 4.25. The molecule has 1 aliphatic carbocycles. The van der Waals surface area contributed by atoms with Gasteiger partial charge in [-0.3, -0.25) is 4.79 Å². The predicted molar refractivity (Wildman–Crippen MR) is 116 cm³/mol. The van der Waals surface area contributed by atoms with Gasteiger partial charge in [0.2, 0.25) is 0 Å². The lowest BCUT2D eigenvalue weighted by Gasteiger charge is -2.24. The molecular weight excluding hydrogens is 398 g/mol. The highest BCUT2D eigenvalue weighted by Gasteiger charge is 2.30. The Morgan fingerprint density at radius 2 is 1.87 bits per heavy atom. The van der Waals surface area contributed by atoms with Crippen LogP contribution in [0.15, 0.2) is 60.8 Å². The van der Waals surface area contributed by atoms with Gasteiger partial charge in [0.1, 0.15) is 0 Å². The van der Waals surface area contributed by atoms with Gasteiger partial charge in [0, 0.05) is 24.8 Å². The summed E-state index contributed by atoms with van der Waals surface area (Å²) in [5.74, 6) is 0.179. The minimum absolute atomic E-state index is 0.0862. The molecule has 1 unspecified atom stereocenters. The molecule has 0 saturated carbocycles. The van der Waals surface area contributed by atoms with Gasteiger partial charge in [-0.25, -0.2) is 9.50 Å². The first kappa shape index (κ1) is 19.0. The topological polar surface area (TPSA) is 56.5 Å². The standard InChI is InChI=1S/C24H20ClN3O2/c1-30-14-20-23(16-5-3-2-4-6-16)24-26-13-19-21(28(24)27-20)11-17(12-22(19)29)15-7-9-18(25)10-8-15/h2-10,13,17H,11-12,14H2,1H3. The van der Waals surface area contributed by atoms with Crippen molar-refractivity contribution in [3.8, 4) is 11.1 Å². The van der Waals surface area contributed by atoms with Gasteiger partial charge in [0.15, 0.2) is 11.4 Å². The molecule has 2 heterocycles. The number of hydrogen-bond acceptors (Lipinski definition) is 4. The number of aromatic nitrogens is 3. The van der Waals surface area contributed by atoms with Crippen LogP contribution in [0.4, 0.5) is 0 Å². The Bertz CT molecular complexity index is 1230. The molecule has 0 fully saturated rings. The SMILES string of the molecule is COCc1nn2c3c(cnc2c1-c1ccccc1)C(=O)CC(c1ccc(Cl)cc1)C3. The third-order valence-electron chi connectivity index (χ3n) is 5.67. The van der Waals surface area contributed by atoms with Crippen LogP contribution >= 0.6 is 11.6 Å². The van der Waals surface area contributed by atoms with E-state index in [1.54, 1.807) is 13.3 Å². The second-order valence-electron chi connectivity index (χ2n) is 7.55. The zero-order valence-electron chi connectivity index (χ0n) is 16.5. The zero-order valence-corrected chi connectivity index (χ0v) is 17.3. The van der Waals surface area contributed by atoms with Crippen molar-refractivity contribution in [1.29, 1.82) is 0 Å². The van der Waals surface area contributed by atoms with Gasteiger partial charge < -0.3 is 4.74 Å². The van der Waals surface area contributed by atoms with Crippen molar-refractivity contribution < 1.29 is 9.53 Å². The maximum absolute atomic E-state index is 12.9. The molecule has 0 saturated heterocycles. The van der Waals surface area contributed by atoms with Gasteiger partial charge in [-0.2, -0.15) is 5.10 Å². The second-order valence-corrected chi connectivity index (χ2v) is 7.99. The molecule has 2 aromatic carbocycles. The van der Waals surface area contributed by atoms with Crippen molar-refractivity contribution in [1.82, 2.24) is 14.6 Å². The maximum atomic E-state index is 12.9. The Morgan fingerprint density at radius 3 is 2.60 bits per heavy atom. The summed E-state index contributed by atoms with van der Waals surface area (Å²) in [5.41, 5.74) is 6.19. The van der Waals surface area contributed by atoms with Crippen LogP contribution in [0.1, 0.15) is 39.6 Å². The summed E-state index contributed by atoms with van der Waals surface area (Å²) in [6, 6.07) is 17.8. The summed E-state index contributed by atoms with van der Waals surface area (Å²) < 4.78 is 7.24. The molecule has 5 rings (SSSR count). The molecule has 0 amide bonds. The number of carbonyl (C=O) groups excluding carboxylic acids is 1. The van der Waals surface area contributed by atoms with E-state index in [1.807, 2.05) is 59.1 Å². The number of ether oxygens (including phenoxy) is 1. The van der Waals surface area contributed by atoms with Crippen LogP contribution in [0.2, 0.25) is 5.02 Å². The van der Waals surface area contributed by atoms with Crippen LogP contribution < -0.4 is 0 Å². The van der Waals surface area contributed by atoms with Crippen LogP contribution in [-0.4, -0.2) is 27.5 Å². The molecule has 6 heteroatoms. The van der Waals surface area contributed by atoms with E-state index in [0.717, 1.165) is 33.7 Å². The van der Waals surface area contributed by atoms with Gasteiger partial charge in [-0.1, -0.05) is 54.1 Å². The lowest BCUT2D eigenvalue weighted by molar-refractivity contribution is 0.0962. The van der Waals surface area contributed by atoms with Crippen LogP contribution in [0.25, 0.3) is 16.8 Å². The molecule has 4 aromatic rings. The van der Waals surface area contributed by atoms with Gasteiger partial charge in [-0.05, 0) is 35.6 Å². The number of carbonyl (C=O) groups is 1. The highest BCUT2D eigenvalue weighted by molar-refractivity contribution is 6.30. The average Bonchev–Trinajstić information content (AvgIpc) is 3.13. The highest BCUT2D eigenvalue weighted by Crippen LogP contribution is 2.35. The van der Waals surface area contributed by atoms with E-state index >= 15 is 0 Å². The van der Waals surface area contributed by atoms with Crippen LogP contribution in [-0.2, 0) is 17.8 Å². The first-order chi connectivity index (χ1) is 14.7. The van der Waals surface area contributed by atoms with E-state index in [4.69, 9.17) is 21.4 Å². The molecule has 2 aromatic heterocycles. The zero-order chi connectivity index (χ0) is 20.7. The number of Topliss-reactive ketones (excluding diaryl/α,β-unsaturated/α-hetero) is 1. The number of nitrogens with zero attached hydrogens (tertiary/aromatic N) is 3. The molecule has 0 aliphatic heterocycles. The summed E-state index contributed by atoms with van der Waals surface area (Å²) in [7, 11) is 1.65. The number of methoxy groups -OCH3 is 1. The summed E-state index contributed by atoms with van der Waals surface area (Å²) in [6.45, 7) is 0.372. The summed E-state index contributed by atoms with van der Waals surface area (Å²) in [4.78, 5) is 17.6. The molecule has 0 radical (unpaired) electrons. The molecule has 5 nitrogen and oxygen atoms in total. The quantitative estimate of drug-likeness (QED) is 0.463. The molecule has 0 N–H and O–H groups in total. The molecule has 0 spiro atoms. The number of ketones is 1. The Hall–Kier alpha value is -3.02.